The van der Waals surface area contributed by atoms with Gasteiger partial charge in [-0.3, -0.25) is 0 Å². The van der Waals surface area contributed by atoms with Crippen molar-refractivity contribution in [2.45, 2.75) is 17.9 Å². The van der Waals surface area contributed by atoms with Crippen LogP contribution in [0.1, 0.15) is 12.5 Å². The van der Waals surface area contributed by atoms with Gasteiger partial charge >= 0.3 is 0 Å². The summed E-state index contributed by atoms with van der Waals surface area (Å²) in [6.45, 7) is 3.03. The second kappa shape index (κ2) is 5.25. The molecule has 1 aliphatic rings. The van der Waals surface area contributed by atoms with Crippen LogP contribution >= 0.6 is 0 Å². The second-order valence-electron chi connectivity index (χ2n) is 4.48. The van der Waals surface area contributed by atoms with Crippen LogP contribution in [0.25, 0.3) is 0 Å². The molecule has 1 N–H and O–H groups in total. The zero-order valence-corrected chi connectivity index (χ0v) is 11.2. The summed E-state index contributed by atoms with van der Waals surface area (Å²) in [6.07, 6.45) is 0. The number of hydrogen-bond acceptors (Lipinski definition) is 4. The zero-order valence-electron chi connectivity index (χ0n) is 10.4. The van der Waals surface area contributed by atoms with Gasteiger partial charge in [-0.05, 0) is 25.1 Å². The molecule has 0 aromatic heterocycles. The number of hydrogen-bond donors (Lipinski definition) is 1. The molecular formula is C12H14FN3O2S. The van der Waals surface area contributed by atoms with E-state index in [-0.39, 0.29) is 16.5 Å². The molecule has 0 spiro atoms. The Bertz CT molecular complexity index is 624. The zero-order chi connectivity index (χ0) is 14.0. The molecular weight excluding hydrogens is 269 g/mol. The van der Waals surface area contributed by atoms with Gasteiger partial charge in [0.2, 0.25) is 10.0 Å². The molecule has 0 aliphatic carbocycles. The van der Waals surface area contributed by atoms with E-state index in [9.17, 15) is 12.8 Å². The van der Waals surface area contributed by atoms with E-state index in [1.54, 1.807) is 6.07 Å². The third-order valence-corrected chi connectivity index (χ3v) is 4.91. The highest BCUT2D eigenvalue weighted by Crippen LogP contribution is 2.21. The molecule has 19 heavy (non-hydrogen) atoms. The molecule has 1 aromatic carbocycles. The Morgan fingerprint density at radius 2 is 2.26 bits per heavy atom. The molecule has 102 valence electrons. The summed E-state index contributed by atoms with van der Waals surface area (Å²) in [6, 6.07) is 5.21. The van der Waals surface area contributed by atoms with Crippen LogP contribution in [-0.4, -0.2) is 38.4 Å². The van der Waals surface area contributed by atoms with Gasteiger partial charge < -0.3 is 5.32 Å². The van der Waals surface area contributed by atoms with Crippen LogP contribution in [0.15, 0.2) is 23.1 Å². The maximum Gasteiger partial charge on any atom is 0.246 e. The number of nitrogens with zero attached hydrogens (tertiary/aromatic N) is 2. The molecule has 1 aliphatic heterocycles. The van der Waals surface area contributed by atoms with Gasteiger partial charge in [0.25, 0.3) is 0 Å². The number of piperazine rings is 1. The molecule has 0 unspecified atom stereocenters. The van der Waals surface area contributed by atoms with Crippen LogP contribution < -0.4 is 5.32 Å². The van der Waals surface area contributed by atoms with Crippen LogP contribution in [0.4, 0.5) is 4.39 Å². The first-order valence-corrected chi connectivity index (χ1v) is 7.32. The van der Waals surface area contributed by atoms with Crippen molar-refractivity contribution in [3.63, 3.8) is 0 Å². The van der Waals surface area contributed by atoms with Crippen molar-refractivity contribution in [2.24, 2.45) is 0 Å². The lowest BCUT2D eigenvalue weighted by atomic mass is 10.2. The highest BCUT2D eigenvalue weighted by molar-refractivity contribution is 7.89. The van der Waals surface area contributed by atoms with Crippen molar-refractivity contribution in [1.82, 2.24) is 9.62 Å². The van der Waals surface area contributed by atoms with Gasteiger partial charge in [-0.25, -0.2) is 12.8 Å². The second-order valence-corrected chi connectivity index (χ2v) is 6.38. The van der Waals surface area contributed by atoms with Crippen molar-refractivity contribution in [3.05, 3.63) is 29.6 Å². The first-order valence-electron chi connectivity index (χ1n) is 5.88. The summed E-state index contributed by atoms with van der Waals surface area (Å²) in [5, 5.41) is 11.8. The minimum absolute atomic E-state index is 0.0324. The first-order chi connectivity index (χ1) is 8.95. The van der Waals surface area contributed by atoms with Gasteiger partial charge in [-0.2, -0.15) is 9.57 Å². The van der Waals surface area contributed by atoms with Crippen LogP contribution in [0.3, 0.4) is 0 Å². The van der Waals surface area contributed by atoms with Crippen molar-refractivity contribution in [1.29, 1.82) is 5.26 Å². The average molecular weight is 283 g/mol. The van der Waals surface area contributed by atoms with E-state index < -0.39 is 15.8 Å². The number of rotatable bonds is 2. The number of halogens is 1. The fraction of sp³-hybridized carbons (Fsp3) is 0.417. The summed E-state index contributed by atoms with van der Waals surface area (Å²) in [4.78, 5) is -0.374. The molecule has 0 saturated carbocycles. The molecule has 0 amide bonds. The highest BCUT2D eigenvalue weighted by Gasteiger charge is 2.30. The van der Waals surface area contributed by atoms with Gasteiger partial charge in [0.05, 0.1) is 11.6 Å². The molecule has 1 heterocycles. The van der Waals surface area contributed by atoms with E-state index in [2.05, 4.69) is 5.32 Å². The molecule has 5 nitrogen and oxygen atoms in total. The fourth-order valence-corrected chi connectivity index (χ4v) is 3.61. The Morgan fingerprint density at radius 3 is 2.84 bits per heavy atom. The summed E-state index contributed by atoms with van der Waals surface area (Å²) in [5.41, 5.74) is 0.102. The van der Waals surface area contributed by atoms with Crippen LogP contribution in [0.5, 0.6) is 0 Å². The van der Waals surface area contributed by atoms with Crippen molar-refractivity contribution in [3.8, 4) is 6.07 Å². The molecule has 7 heteroatoms. The minimum Gasteiger partial charge on any atom is -0.312 e. The van der Waals surface area contributed by atoms with Gasteiger partial charge in [0.1, 0.15) is 10.7 Å². The van der Waals surface area contributed by atoms with Crippen molar-refractivity contribution >= 4 is 10.0 Å². The maximum atomic E-state index is 13.8. The van der Waals surface area contributed by atoms with Gasteiger partial charge in [-0.15, -0.1) is 0 Å². The summed E-state index contributed by atoms with van der Waals surface area (Å²) < 4.78 is 39.7. The van der Waals surface area contributed by atoms with E-state index >= 15 is 0 Å². The SMILES string of the molecule is C[C@@H]1CN(S(=O)(=O)c2ccc(C#N)cc2F)CCN1. The van der Waals surface area contributed by atoms with Crippen molar-refractivity contribution in [2.75, 3.05) is 19.6 Å². The number of benzene rings is 1. The quantitative estimate of drug-likeness (QED) is 0.866. The largest absolute Gasteiger partial charge is 0.312 e. The molecule has 1 saturated heterocycles. The Kier molecular flexibility index (Phi) is 3.85. The smallest absolute Gasteiger partial charge is 0.246 e. The van der Waals surface area contributed by atoms with E-state index in [0.717, 1.165) is 12.1 Å². The fourth-order valence-electron chi connectivity index (χ4n) is 2.03. The highest BCUT2D eigenvalue weighted by atomic mass is 32.2. The maximum absolute atomic E-state index is 13.8. The third-order valence-electron chi connectivity index (χ3n) is 3.01. The Labute approximate surface area is 111 Å². The Hall–Kier alpha value is -1.49. The van der Waals surface area contributed by atoms with E-state index in [1.807, 2.05) is 6.92 Å². The van der Waals surface area contributed by atoms with Gasteiger partial charge in [0.15, 0.2) is 0 Å². The lowest BCUT2D eigenvalue weighted by Gasteiger charge is -2.31. The monoisotopic (exact) mass is 283 g/mol. The number of nitriles is 1. The lowest BCUT2D eigenvalue weighted by Crippen LogP contribution is -2.51. The molecule has 2 rings (SSSR count). The molecule has 0 bridgehead atoms. The number of nitrogens with one attached hydrogen (secondary N) is 1. The Morgan fingerprint density at radius 1 is 1.53 bits per heavy atom. The summed E-state index contributed by atoms with van der Waals surface area (Å²) >= 11 is 0. The molecule has 0 radical (unpaired) electrons. The van der Waals surface area contributed by atoms with Gasteiger partial charge in [-0.1, -0.05) is 0 Å². The van der Waals surface area contributed by atoms with E-state index in [4.69, 9.17) is 5.26 Å². The van der Waals surface area contributed by atoms with Crippen LogP contribution in [0, 0.1) is 17.1 Å². The first kappa shape index (κ1) is 13.9. The molecule has 1 atom stereocenters. The standard InChI is InChI=1S/C12H14FN3O2S/c1-9-8-16(5-4-15-9)19(17,18)12-3-2-10(7-14)6-11(12)13/h2-3,6,9,15H,4-5,8H2,1H3/t9-/m1/s1. The average Bonchev–Trinajstić information content (AvgIpc) is 2.38. The number of sulfonamides is 1. The van der Waals surface area contributed by atoms with Gasteiger partial charge in [0, 0.05) is 25.7 Å². The lowest BCUT2D eigenvalue weighted by molar-refractivity contribution is 0.309. The summed E-state index contributed by atoms with van der Waals surface area (Å²) in [5.74, 6) is -0.884. The predicted octanol–water partition coefficient (Wildman–Crippen LogP) is 0.680. The van der Waals surface area contributed by atoms with E-state index in [0.29, 0.717) is 19.6 Å². The molecule has 1 aromatic rings. The van der Waals surface area contributed by atoms with E-state index in [1.165, 1.54) is 10.4 Å². The predicted molar refractivity (Wildman–Crippen MR) is 67.3 cm³/mol. The normalized spacial score (nSPS) is 21.0. The van der Waals surface area contributed by atoms with Crippen LogP contribution in [0.2, 0.25) is 0 Å². The van der Waals surface area contributed by atoms with Crippen molar-refractivity contribution < 1.29 is 12.8 Å². The minimum atomic E-state index is -3.84. The third kappa shape index (κ3) is 2.76. The topological polar surface area (TPSA) is 73.2 Å². The Balaban J connectivity index is 2.37. The molecule has 1 fully saturated rings. The van der Waals surface area contributed by atoms with Crippen LogP contribution in [-0.2, 0) is 10.0 Å². The summed E-state index contributed by atoms with van der Waals surface area (Å²) in [7, 11) is -3.84.